The predicted molar refractivity (Wildman–Crippen MR) is 115 cm³/mol. The lowest BCUT2D eigenvalue weighted by Gasteiger charge is -2.19. The number of halogens is 1. The normalized spacial score (nSPS) is 11.8. The first-order chi connectivity index (χ1) is 13.9. The number of nitrogens with one attached hydrogen (secondary N) is 3. The molecule has 1 atom stereocenters. The summed E-state index contributed by atoms with van der Waals surface area (Å²) in [7, 11) is -1.43. The average Bonchev–Trinajstić information content (AvgIpc) is 2.76. The van der Waals surface area contributed by atoms with Gasteiger partial charge < -0.3 is 10.0 Å². The molecule has 152 valence electrons. The van der Waals surface area contributed by atoms with E-state index in [1.165, 1.54) is 0 Å². The third-order valence-electron chi connectivity index (χ3n) is 4.25. The molecular formula is C21H22FN3O3S. The largest absolute Gasteiger partial charge is 0.326 e. The molecule has 1 unspecified atom stereocenters. The first-order valence-corrected chi connectivity index (χ1v) is 9.90. The van der Waals surface area contributed by atoms with Gasteiger partial charge >= 0.3 is 0 Å². The first-order valence-electron chi connectivity index (χ1n) is 8.75. The minimum absolute atomic E-state index is 0.384. The second-order valence-corrected chi connectivity index (χ2v) is 8.08. The van der Waals surface area contributed by atoms with Crippen LogP contribution in [0.25, 0.3) is 10.8 Å². The second-order valence-electron chi connectivity index (χ2n) is 6.90. The number of hydrogen-bond acceptors (Lipinski definition) is 4. The quantitative estimate of drug-likeness (QED) is 0.480. The number of benzene rings is 3. The van der Waals surface area contributed by atoms with Gasteiger partial charge in [-0.05, 0) is 55.0 Å². The van der Waals surface area contributed by atoms with Crippen molar-refractivity contribution in [3.8, 4) is 0 Å². The van der Waals surface area contributed by atoms with E-state index in [1.807, 2.05) is 42.5 Å². The molecule has 29 heavy (non-hydrogen) atoms. The molecule has 3 aromatic carbocycles. The van der Waals surface area contributed by atoms with Crippen molar-refractivity contribution in [2.24, 2.45) is 5.41 Å². The maximum Gasteiger partial charge on any atom is 0.232 e. The van der Waals surface area contributed by atoms with Gasteiger partial charge in [0.05, 0.1) is 10.3 Å². The highest BCUT2D eigenvalue weighted by molar-refractivity contribution is 7.86. The lowest BCUT2D eigenvalue weighted by atomic mass is 9.94. The molecule has 8 heteroatoms. The molecule has 1 amide bonds. The zero-order valence-corrected chi connectivity index (χ0v) is 16.9. The van der Waals surface area contributed by atoms with E-state index in [4.69, 9.17) is 4.91 Å². The Morgan fingerprint density at radius 2 is 1.55 bits per heavy atom. The molecule has 0 aliphatic rings. The van der Waals surface area contributed by atoms with E-state index < -0.39 is 23.1 Å². The summed E-state index contributed by atoms with van der Waals surface area (Å²) in [4.78, 5) is 20.2. The summed E-state index contributed by atoms with van der Waals surface area (Å²) in [5.41, 5.74) is 4.64. The number of anilines is 2. The van der Waals surface area contributed by atoms with Gasteiger partial charge in [0, 0.05) is 11.4 Å². The Balaban J connectivity index is 0.00000145. The maximum atomic E-state index is 12.9. The standard InChI is InChI=1S/C21H21FN2O2S.HNO/c1-21(2,14-22)20(25)23-16-10-12-17(13-11-16)24-27(26)19-9-5-7-15-6-3-4-8-18(15)19;1-2/h3-13,24H,14H2,1-2H3,(H,23,25);1H. The topological polar surface area (TPSA) is 99.1 Å². The maximum absolute atomic E-state index is 12.9. The summed E-state index contributed by atoms with van der Waals surface area (Å²) >= 11 is 0. The number of alkyl halides is 1. The van der Waals surface area contributed by atoms with Gasteiger partial charge in [0.15, 0.2) is 11.0 Å². The highest BCUT2D eigenvalue weighted by Crippen LogP contribution is 2.24. The summed E-state index contributed by atoms with van der Waals surface area (Å²) in [6.07, 6.45) is 0. The van der Waals surface area contributed by atoms with Crippen molar-refractivity contribution >= 4 is 39.0 Å². The minimum Gasteiger partial charge on any atom is -0.326 e. The number of fused-ring (bicyclic) bond motifs is 1. The monoisotopic (exact) mass is 415 g/mol. The minimum atomic E-state index is -1.43. The van der Waals surface area contributed by atoms with Gasteiger partial charge in [-0.15, -0.1) is 0 Å². The SMILES string of the molecule is CC(C)(CF)C(=O)Nc1ccc(NS(=O)c2cccc3ccccc23)cc1.N=O. The van der Waals surface area contributed by atoms with E-state index >= 15 is 0 Å². The fourth-order valence-corrected chi connectivity index (χ4v) is 3.55. The highest BCUT2D eigenvalue weighted by Gasteiger charge is 2.27. The molecule has 3 rings (SSSR count). The van der Waals surface area contributed by atoms with Crippen LogP contribution in [-0.4, -0.2) is 16.8 Å². The van der Waals surface area contributed by atoms with Gasteiger partial charge in [-0.3, -0.25) is 4.79 Å². The van der Waals surface area contributed by atoms with Crippen molar-refractivity contribution < 1.29 is 13.4 Å². The van der Waals surface area contributed by atoms with E-state index in [-0.39, 0.29) is 5.91 Å². The van der Waals surface area contributed by atoms with E-state index in [9.17, 15) is 13.4 Å². The van der Waals surface area contributed by atoms with Crippen molar-refractivity contribution in [3.63, 3.8) is 0 Å². The number of carbonyl (C=O) groups excluding carboxylic acids is 1. The van der Waals surface area contributed by atoms with Crippen LogP contribution in [-0.2, 0) is 15.8 Å². The Bertz CT molecular complexity index is 1000. The average molecular weight is 415 g/mol. The summed E-state index contributed by atoms with van der Waals surface area (Å²) in [6.45, 7) is 2.36. The molecule has 0 radical (unpaired) electrons. The predicted octanol–water partition coefficient (Wildman–Crippen LogP) is 5.24. The Morgan fingerprint density at radius 1 is 0.966 bits per heavy atom. The number of amides is 1. The summed E-state index contributed by atoms with van der Waals surface area (Å²) < 4.78 is 28.6. The van der Waals surface area contributed by atoms with E-state index in [1.54, 1.807) is 38.1 Å². The zero-order valence-electron chi connectivity index (χ0n) is 16.1. The van der Waals surface area contributed by atoms with Crippen LogP contribution < -0.4 is 10.0 Å². The molecule has 0 bridgehead atoms. The van der Waals surface area contributed by atoms with Crippen LogP contribution in [0.4, 0.5) is 15.8 Å². The Morgan fingerprint density at radius 3 is 2.21 bits per heavy atom. The van der Waals surface area contributed by atoms with Gasteiger partial charge in [-0.2, -0.15) is 4.91 Å². The number of rotatable bonds is 6. The van der Waals surface area contributed by atoms with E-state index in [2.05, 4.69) is 15.6 Å². The van der Waals surface area contributed by atoms with Gasteiger partial charge in [0.25, 0.3) is 0 Å². The molecule has 3 aromatic rings. The molecule has 0 aromatic heterocycles. The van der Waals surface area contributed by atoms with Crippen LogP contribution in [0.2, 0.25) is 0 Å². The second kappa shape index (κ2) is 9.88. The van der Waals surface area contributed by atoms with Crippen molar-refractivity contribution in [2.75, 3.05) is 16.7 Å². The molecule has 0 heterocycles. The fourth-order valence-electron chi connectivity index (χ4n) is 2.50. The molecule has 0 spiro atoms. The Kier molecular flexibility index (Phi) is 7.55. The fraction of sp³-hybridized carbons (Fsp3) is 0.190. The van der Waals surface area contributed by atoms with Crippen LogP contribution in [0.5, 0.6) is 0 Å². The zero-order chi connectivity index (χ0) is 21.4. The third kappa shape index (κ3) is 5.45. The van der Waals surface area contributed by atoms with E-state index in [0.29, 0.717) is 16.3 Å². The molecule has 0 fully saturated rings. The smallest absolute Gasteiger partial charge is 0.232 e. The van der Waals surface area contributed by atoms with E-state index in [0.717, 1.165) is 10.8 Å². The van der Waals surface area contributed by atoms with Gasteiger partial charge in [-0.25, -0.2) is 8.60 Å². The lowest BCUT2D eigenvalue weighted by Crippen LogP contribution is -2.32. The summed E-state index contributed by atoms with van der Waals surface area (Å²) in [6, 6.07) is 20.3. The summed E-state index contributed by atoms with van der Waals surface area (Å²) in [5.74, 6) is -0.384. The van der Waals surface area contributed by atoms with Crippen LogP contribution in [0.3, 0.4) is 0 Å². The van der Waals surface area contributed by atoms with Crippen molar-refractivity contribution in [3.05, 3.63) is 71.6 Å². The number of nitroso groups, excluding NO2 is 1. The molecule has 0 saturated carbocycles. The molecule has 0 saturated heterocycles. The van der Waals surface area contributed by atoms with Crippen molar-refractivity contribution in [1.29, 1.82) is 5.59 Å². The van der Waals surface area contributed by atoms with Gasteiger partial charge in [0.2, 0.25) is 5.91 Å². The molecule has 0 aliphatic heterocycles. The van der Waals surface area contributed by atoms with Crippen LogP contribution in [0.15, 0.2) is 71.6 Å². The number of hydrogen-bond donors (Lipinski definition) is 3. The first kappa shape index (κ1) is 22.2. The number of carbonyl (C=O) groups is 1. The lowest BCUT2D eigenvalue weighted by molar-refractivity contribution is -0.124. The van der Waals surface area contributed by atoms with Crippen LogP contribution in [0, 0.1) is 15.9 Å². The highest BCUT2D eigenvalue weighted by atomic mass is 32.2. The third-order valence-corrected chi connectivity index (χ3v) is 5.43. The van der Waals surface area contributed by atoms with Crippen LogP contribution >= 0.6 is 0 Å². The molecule has 6 nitrogen and oxygen atoms in total. The van der Waals surface area contributed by atoms with Crippen molar-refractivity contribution in [1.82, 2.24) is 0 Å². The molecule has 3 N–H and O–H groups in total. The Hall–Kier alpha value is -3.13. The van der Waals surface area contributed by atoms with Crippen molar-refractivity contribution in [2.45, 2.75) is 18.7 Å². The van der Waals surface area contributed by atoms with Crippen LogP contribution in [0.1, 0.15) is 13.8 Å². The van der Waals surface area contributed by atoms with Gasteiger partial charge in [-0.1, -0.05) is 42.0 Å². The Labute approximate surface area is 170 Å². The summed E-state index contributed by atoms with van der Waals surface area (Å²) in [5, 5.41) is 4.65. The van der Waals surface area contributed by atoms with Gasteiger partial charge in [0.1, 0.15) is 6.67 Å². The molecule has 0 aliphatic carbocycles. The molecular weight excluding hydrogens is 393 g/mol.